The lowest BCUT2D eigenvalue weighted by Gasteiger charge is -2.10. The number of benzene rings is 4. The van der Waals surface area contributed by atoms with Gasteiger partial charge in [-0.25, -0.2) is 0 Å². The number of anilines is 1. The van der Waals surface area contributed by atoms with Crippen molar-refractivity contribution in [2.24, 2.45) is 5.10 Å². The SMILES string of the molecule is O=C1/C(=C\c2cn(Cc3cccc4ccccc34)c3ccccc23)C(C(F)(F)F)=NN1c1ccccc1. The van der Waals surface area contributed by atoms with Crippen molar-refractivity contribution in [3.8, 4) is 0 Å². The molecule has 4 aromatic carbocycles. The van der Waals surface area contributed by atoms with Crippen molar-refractivity contribution in [2.45, 2.75) is 12.7 Å². The summed E-state index contributed by atoms with van der Waals surface area (Å²) in [7, 11) is 0. The third kappa shape index (κ3) is 4.08. The lowest BCUT2D eigenvalue weighted by molar-refractivity contribution is -0.114. The van der Waals surface area contributed by atoms with Gasteiger partial charge in [0.05, 0.1) is 11.3 Å². The van der Waals surface area contributed by atoms with E-state index in [1.807, 2.05) is 65.2 Å². The fourth-order valence-corrected chi connectivity index (χ4v) is 4.79. The van der Waals surface area contributed by atoms with Crippen LogP contribution in [0.25, 0.3) is 27.8 Å². The summed E-state index contributed by atoms with van der Waals surface area (Å²) in [6.45, 7) is 0.523. The first-order valence-corrected chi connectivity index (χ1v) is 11.7. The molecule has 182 valence electrons. The van der Waals surface area contributed by atoms with E-state index in [1.54, 1.807) is 36.5 Å². The molecule has 1 amide bonds. The summed E-state index contributed by atoms with van der Waals surface area (Å²) in [4.78, 5) is 13.2. The summed E-state index contributed by atoms with van der Waals surface area (Å²) in [5.74, 6) is -0.815. The van der Waals surface area contributed by atoms with Crippen LogP contribution >= 0.6 is 0 Å². The Morgan fingerprint density at radius 2 is 1.46 bits per heavy atom. The van der Waals surface area contributed by atoms with Gasteiger partial charge in [0.2, 0.25) is 0 Å². The van der Waals surface area contributed by atoms with E-state index < -0.39 is 23.4 Å². The third-order valence-corrected chi connectivity index (χ3v) is 6.49. The van der Waals surface area contributed by atoms with E-state index in [2.05, 4.69) is 11.2 Å². The van der Waals surface area contributed by atoms with Crippen LogP contribution in [0.2, 0.25) is 0 Å². The zero-order valence-corrected chi connectivity index (χ0v) is 19.5. The molecular weight excluding hydrogens is 475 g/mol. The standard InChI is InChI=1S/C30H20F3N3O/c31-30(32,33)28-26(29(37)36(34-28)23-12-2-1-3-13-23)17-22-19-35(27-16-7-6-15-25(22)27)18-21-11-8-10-20-9-4-5-14-24(20)21/h1-17,19H,18H2/b26-17-. The van der Waals surface area contributed by atoms with Crippen LogP contribution in [-0.4, -0.2) is 22.4 Å². The predicted octanol–water partition coefficient (Wildman–Crippen LogP) is 7.19. The maximum absolute atomic E-state index is 14.0. The number of rotatable bonds is 4. The summed E-state index contributed by atoms with van der Waals surface area (Å²) >= 11 is 0. The summed E-state index contributed by atoms with van der Waals surface area (Å²) in [6.07, 6.45) is -1.68. The Morgan fingerprint density at radius 3 is 2.24 bits per heavy atom. The highest BCUT2D eigenvalue weighted by Crippen LogP contribution is 2.34. The lowest BCUT2D eigenvalue weighted by Crippen LogP contribution is -2.25. The molecule has 0 bridgehead atoms. The van der Waals surface area contributed by atoms with Crippen molar-refractivity contribution < 1.29 is 18.0 Å². The molecule has 0 saturated heterocycles. The fraction of sp³-hybridized carbons (Fsp3) is 0.0667. The molecule has 1 aromatic heterocycles. The number of aromatic nitrogens is 1. The van der Waals surface area contributed by atoms with Gasteiger partial charge >= 0.3 is 6.18 Å². The predicted molar refractivity (Wildman–Crippen MR) is 140 cm³/mol. The third-order valence-electron chi connectivity index (χ3n) is 6.49. The van der Waals surface area contributed by atoms with Crippen LogP contribution in [-0.2, 0) is 11.3 Å². The number of fused-ring (bicyclic) bond motifs is 2. The number of amides is 1. The second-order valence-electron chi connectivity index (χ2n) is 8.82. The lowest BCUT2D eigenvalue weighted by atomic mass is 10.0. The van der Waals surface area contributed by atoms with E-state index in [-0.39, 0.29) is 5.69 Å². The summed E-state index contributed by atoms with van der Waals surface area (Å²) in [6, 6.07) is 29.8. The molecule has 0 unspecified atom stereocenters. The van der Waals surface area contributed by atoms with Crippen LogP contribution in [0, 0.1) is 0 Å². The molecule has 2 heterocycles. The van der Waals surface area contributed by atoms with Crippen LogP contribution in [0.1, 0.15) is 11.1 Å². The second kappa shape index (κ2) is 8.78. The number of carbonyl (C=O) groups is 1. The van der Waals surface area contributed by atoms with Gasteiger partial charge in [-0.15, -0.1) is 0 Å². The highest BCUT2D eigenvalue weighted by molar-refractivity contribution is 6.34. The van der Waals surface area contributed by atoms with Crippen LogP contribution in [0.3, 0.4) is 0 Å². The molecule has 5 aromatic rings. The number of hydrogen-bond donors (Lipinski definition) is 0. The van der Waals surface area contributed by atoms with Crippen molar-refractivity contribution >= 4 is 45.1 Å². The number of hydrogen-bond acceptors (Lipinski definition) is 2. The van der Waals surface area contributed by atoms with Crippen molar-refractivity contribution in [2.75, 3.05) is 5.01 Å². The van der Waals surface area contributed by atoms with E-state index in [4.69, 9.17) is 0 Å². The molecule has 7 heteroatoms. The second-order valence-corrected chi connectivity index (χ2v) is 8.82. The van der Waals surface area contributed by atoms with Gasteiger partial charge in [0.15, 0.2) is 5.71 Å². The Balaban J connectivity index is 1.46. The van der Waals surface area contributed by atoms with Gasteiger partial charge in [0.25, 0.3) is 5.91 Å². The minimum Gasteiger partial charge on any atom is -0.342 e. The van der Waals surface area contributed by atoms with Crippen LogP contribution in [0.5, 0.6) is 0 Å². The first kappa shape index (κ1) is 22.8. The topological polar surface area (TPSA) is 37.6 Å². The monoisotopic (exact) mass is 495 g/mol. The average molecular weight is 496 g/mol. The molecule has 1 aliphatic heterocycles. The Hall–Kier alpha value is -4.65. The zero-order chi connectivity index (χ0) is 25.6. The molecule has 0 N–H and O–H groups in total. The first-order valence-electron chi connectivity index (χ1n) is 11.7. The Morgan fingerprint density at radius 1 is 0.784 bits per heavy atom. The molecule has 0 spiro atoms. The molecule has 0 fully saturated rings. The number of carbonyl (C=O) groups excluding carboxylic acids is 1. The van der Waals surface area contributed by atoms with Crippen LogP contribution < -0.4 is 5.01 Å². The largest absolute Gasteiger partial charge is 0.435 e. The summed E-state index contributed by atoms with van der Waals surface area (Å²) in [5.41, 5.74) is 1.06. The molecule has 0 radical (unpaired) electrons. The normalized spacial score (nSPS) is 15.2. The molecule has 37 heavy (non-hydrogen) atoms. The minimum atomic E-state index is -4.79. The number of para-hydroxylation sites is 2. The first-order chi connectivity index (χ1) is 17.9. The van der Waals surface area contributed by atoms with Crippen molar-refractivity contribution in [1.82, 2.24) is 4.57 Å². The van der Waals surface area contributed by atoms with E-state index >= 15 is 0 Å². The number of halogens is 3. The van der Waals surface area contributed by atoms with Gasteiger partial charge in [0, 0.05) is 29.2 Å². The molecule has 0 atom stereocenters. The van der Waals surface area contributed by atoms with Gasteiger partial charge in [-0.3, -0.25) is 4.79 Å². The quantitative estimate of drug-likeness (QED) is 0.243. The van der Waals surface area contributed by atoms with Gasteiger partial charge in [-0.2, -0.15) is 23.3 Å². The van der Waals surface area contributed by atoms with Crippen LogP contribution in [0.15, 0.2) is 114 Å². The highest BCUT2D eigenvalue weighted by atomic mass is 19.4. The van der Waals surface area contributed by atoms with Gasteiger partial charge in [-0.05, 0) is 40.6 Å². The summed E-state index contributed by atoms with van der Waals surface area (Å²) in [5, 5.41) is 7.46. The maximum atomic E-state index is 14.0. The molecule has 1 aliphatic rings. The smallest absolute Gasteiger partial charge is 0.342 e. The van der Waals surface area contributed by atoms with Gasteiger partial charge in [0.1, 0.15) is 0 Å². The maximum Gasteiger partial charge on any atom is 0.435 e. The molecular formula is C30H20F3N3O. The number of hydrazone groups is 1. The number of nitrogens with zero attached hydrogens (tertiary/aromatic N) is 3. The summed E-state index contributed by atoms with van der Waals surface area (Å²) < 4.78 is 43.9. The van der Waals surface area contributed by atoms with Gasteiger partial charge in [-0.1, -0.05) is 78.9 Å². The van der Waals surface area contributed by atoms with Crippen molar-refractivity contribution in [1.29, 1.82) is 0 Å². The zero-order valence-electron chi connectivity index (χ0n) is 19.5. The molecule has 4 nitrogen and oxygen atoms in total. The Labute approximate surface area is 210 Å². The van der Waals surface area contributed by atoms with E-state index in [9.17, 15) is 18.0 Å². The van der Waals surface area contributed by atoms with Crippen molar-refractivity contribution in [3.05, 3.63) is 120 Å². The molecule has 0 aliphatic carbocycles. The van der Waals surface area contributed by atoms with E-state index in [0.717, 1.165) is 32.2 Å². The molecule has 0 saturated carbocycles. The van der Waals surface area contributed by atoms with Crippen molar-refractivity contribution in [3.63, 3.8) is 0 Å². The molecule has 6 rings (SSSR count). The Kier molecular flexibility index (Phi) is 5.41. The Bertz CT molecular complexity index is 1710. The van der Waals surface area contributed by atoms with Gasteiger partial charge < -0.3 is 4.57 Å². The highest BCUT2D eigenvalue weighted by Gasteiger charge is 2.46. The minimum absolute atomic E-state index is 0.274. The average Bonchev–Trinajstić information content (AvgIpc) is 3.42. The van der Waals surface area contributed by atoms with E-state index in [0.29, 0.717) is 12.1 Å². The fourth-order valence-electron chi connectivity index (χ4n) is 4.79. The van der Waals surface area contributed by atoms with E-state index in [1.165, 1.54) is 6.08 Å². The van der Waals surface area contributed by atoms with Crippen LogP contribution in [0.4, 0.5) is 18.9 Å². The number of alkyl halides is 3.